The number of anilines is 1. The lowest BCUT2D eigenvalue weighted by atomic mass is 9.79. The molecule has 0 atom stereocenters. The average molecular weight is 486 g/mol. The fraction of sp³-hybridized carbons (Fsp3) is 0.619. The van der Waals surface area contributed by atoms with Gasteiger partial charge in [0.1, 0.15) is 0 Å². The number of rotatable bonds is 7. The van der Waals surface area contributed by atoms with Crippen LogP contribution < -0.4 is 16.0 Å². The standard InChI is InChI=1S/C21H34N4O.HI/c1-4-5-6-16-7-11-18(12-8-16)20(26)25-19-13-9-17(10-14-19)15-24-21(22-2)23-3;/h9-10,13-14,16,18H,4-8,11-12,15H2,1-3H3,(H,25,26)(H2,22,23,24);1H. The van der Waals surface area contributed by atoms with Crippen LogP contribution in [0.2, 0.25) is 0 Å². The molecular weight excluding hydrogens is 451 g/mol. The van der Waals surface area contributed by atoms with Gasteiger partial charge in [-0.2, -0.15) is 0 Å². The third kappa shape index (κ3) is 8.07. The number of hydrogen-bond donors (Lipinski definition) is 3. The number of benzene rings is 1. The Balaban J connectivity index is 0.00000364. The zero-order chi connectivity index (χ0) is 18.8. The maximum Gasteiger partial charge on any atom is 0.227 e. The second-order valence-corrected chi connectivity index (χ2v) is 7.22. The van der Waals surface area contributed by atoms with E-state index in [1.807, 2.05) is 31.3 Å². The first-order valence-electron chi connectivity index (χ1n) is 9.94. The molecule has 1 aromatic carbocycles. The maximum absolute atomic E-state index is 12.5. The van der Waals surface area contributed by atoms with Crippen LogP contribution in [-0.2, 0) is 11.3 Å². The van der Waals surface area contributed by atoms with E-state index in [-0.39, 0.29) is 35.8 Å². The summed E-state index contributed by atoms with van der Waals surface area (Å²) in [5, 5.41) is 9.30. The molecule has 0 saturated heterocycles. The summed E-state index contributed by atoms with van der Waals surface area (Å²) >= 11 is 0. The van der Waals surface area contributed by atoms with Crippen molar-refractivity contribution >= 4 is 41.5 Å². The molecule has 0 unspecified atom stereocenters. The molecule has 1 aromatic rings. The Morgan fingerprint density at radius 3 is 2.37 bits per heavy atom. The van der Waals surface area contributed by atoms with Crippen LogP contribution in [0, 0.1) is 11.8 Å². The second kappa shape index (κ2) is 13.0. The van der Waals surface area contributed by atoms with E-state index in [0.717, 1.165) is 36.0 Å². The minimum atomic E-state index is 0. The maximum atomic E-state index is 12.5. The molecule has 27 heavy (non-hydrogen) atoms. The van der Waals surface area contributed by atoms with Crippen molar-refractivity contribution in [3.8, 4) is 0 Å². The highest BCUT2D eigenvalue weighted by Gasteiger charge is 2.25. The van der Waals surface area contributed by atoms with Gasteiger partial charge in [0.15, 0.2) is 5.96 Å². The van der Waals surface area contributed by atoms with Gasteiger partial charge in [-0.3, -0.25) is 9.79 Å². The largest absolute Gasteiger partial charge is 0.359 e. The Labute approximate surface area is 181 Å². The molecule has 6 heteroatoms. The van der Waals surface area contributed by atoms with E-state index in [4.69, 9.17) is 0 Å². The number of nitrogens with one attached hydrogen (secondary N) is 3. The smallest absolute Gasteiger partial charge is 0.227 e. The summed E-state index contributed by atoms with van der Waals surface area (Å²) in [4.78, 5) is 16.6. The highest BCUT2D eigenvalue weighted by molar-refractivity contribution is 14.0. The molecule has 1 aliphatic rings. The monoisotopic (exact) mass is 486 g/mol. The van der Waals surface area contributed by atoms with Gasteiger partial charge in [-0.05, 0) is 49.3 Å². The van der Waals surface area contributed by atoms with E-state index in [1.54, 1.807) is 7.05 Å². The number of guanidine groups is 1. The van der Waals surface area contributed by atoms with Crippen molar-refractivity contribution in [2.75, 3.05) is 19.4 Å². The lowest BCUT2D eigenvalue weighted by Gasteiger charge is -2.27. The number of unbranched alkanes of at least 4 members (excludes halogenated alkanes) is 1. The predicted octanol–water partition coefficient (Wildman–Crippen LogP) is 4.53. The summed E-state index contributed by atoms with van der Waals surface area (Å²) in [6.07, 6.45) is 8.40. The molecule has 1 amide bonds. The third-order valence-corrected chi connectivity index (χ3v) is 5.33. The zero-order valence-corrected chi connectivity index (χ0v) is 19.2. The minimum absolute atomic E-state index is 0. The van der Waals surface area contributed by atoms with Gasteiger partial charge in [0, 0.05) is 32.2 Å². The first-order chi connectivity index (χ1) is 12.7. The molecule has 0 heterocycles. The molecule has 0 aromatic heterocycles. The number of hydrogen-bond acceptors (Lipinski definition) is 2. The summed E-state index contributed by atoms with van der Waals surface area (Å²) in [6, 6.07) is 8.02. The SMILES string of the molecule is CCCCC1CCC(C(=O)Nc2ccc(CNC(=NC)NC)cc2)CC1.I. The predicted molar refractivity (Wildman–Crippen MR) is 125 cm³/mol. The van der Waals surface area contributed by atoms with Crippen LogP contribution in [0.1, 0.15) is 57.4 Å². The van der Waals surface area contributed by atoms with Gasteiger partial charge < -0.3 is 16.0 Å². The zero-order valence-electron chi connectivity index (χ0n) is 16.9. The molecule has 0 radical (unpaired) electrons. The topological polar surface area (TPSA) is 65.5 Å². The van der Waals surface area contributed by atoms with Crippen molar-refractivity contribution < 1.29 is 4.79 Å². The summed E-state index contributed by atoms with van der Waals surface area (Å²) in [7, 11) is 3.58. The molecule has 3 N–H and O–H groups in total. The van der Waals surface area contributed by atoms with E-state index in [0.29, 0.717) is 6.54 Å². The van der Waals surface area contributed by atoms with Crippen molar-refractivity contribution in [3.63, 3.8) is 0 Å². The number of carbonyl (C=O) groups is 1. The first kappa shape index (κ1) is 23.7. The minimum Gasteiger partial charge on any atom is -0.359 e. The van der Waals surface area contributed by atoms with Crippen LogP contribution in [0.15, 0.2) is 29.3 Å². The molecular formula is C21H35IN4O. The fourth-order valence-corrected chi connectivity index (χ4v) is 3.62. The molecule has 2 rings (SSSR count). The van der Waals surface area contributed by atoms with Crippen molar-refractivity contribution in [2.45, 2.75) is 58.4 Å². The second-order valence-electron chi connectivity index (χ2n) is 7.22. The Morgan fingerprint density at radius 1 is 1.15 bits per heavy atom. The Bertz CT molecular complexity index is 580. The fourth-order valence-electron chi connectivity index (χ4n) is 3.62. The van der Waals surface area contributed by atoms with E-state index in [9.17, 15) is 4.79 Å². The summed E-state index contributed by atoms with van der Waals surface area (Å²) < 4.78 is 0. The van der Waals surface area contributed by atoms with Gasteiger partial charge in [0.05, 0.1) is 0 Å². The highest BCUT2D eigenvalue weighted by Crippen LogP contribution is 2.32. The molecule has 152 valence electrons. The van der Waals surface area contributed by atoms with Gasteiger partial charge in [-0.15, -0.1) is 24.0 Å². The Hall–Kier alpha value is -1.31. The number of carbonyl (C=O) groups excluding carboxylic acids is 1. The molecule has 1 saturated carbocycles. The van der Waals surface area contributed by atoms with Gasteiger partial charge in [0.25, 0.3) is 0 Å². The van der Waals surface area contributed by atoms with Gasteiger partial charge in [-0.25, -0.2) is 0 Å². The Kier molecular flexibility index (Phi) is 11.4. The molecule has 1 fully saturated rings. The van der Waals surface area contributed by atoms with Crippen LogP contribution in [0.25, 0.3) is 0 Å². The first-order valence-corrected chi connectivity index (χ1v) is 9.94. The van der Waals surface area contributed by atoms with E-state index < -0.39 is 0 Å². The molecule has 0 bridgehead atoms. The van der Waals surface area contributed by atoms with Crippen molar-refractivity contribution in [1.82, 2.24) is 10.6 Å². The van der Waals surface area contributed by atoms with E-state index >= 15 is 0 Å². The number of halogens is 1. The third-order valence-electron chi connectivity index (χ3n) is 5.33. The van der Waals surface area contributed by atoms with Crippen LogP contribution in [0.5, 0.6) is 0 Å². The molecule has 1 aliphatic carbocycles. The number of aliphatic imine (C=N–C) groups is 1. The van der Waals surface area contributed by atoms with Crippen molar-refractivity contribution in [2.24, 2.45) is 16.8 Å². The van der Waals surface area contributed by atoms with E-state index in [1.165, 1.54) is 32.1 Å². The van der Waals surface area contributed by atoms with Crippen molar-refractivity contribution in [1.29, 1.82) is 0 Å². The van der Waals surface area contributed by atoms with Gasteiger partial charge in [0.2, 0.25) is 5.91 Å². The molecule has 0 spiro atoms. The highest BCUT2D eigenvalue weighted by atomic mass is 127. The Morgan fingerprint density at radius 2 is 1.81 bits per heavy atom. The summed E-state index contributed by atoms with van der Waals surface area (Å²) in [5.74, 6) is 1.95. The van der Waals surface area contributed by atoms with Crippen LogP contribution in [0.3, 0.4) is 0 Å². The quantitative estimate of drug-likeness (QED) is 0.301. The molecule has 0 aliphatic heterocycles. The normalized spacial score (nSPS) is 19.7. The van der Waals surface area contributed by atoms with Crippen LogP contribution in [-0.4, -0.2) is 26.0 Å². The lowest BCUT2D eigenvalue weighted by molar-refractivity contribution is -0.121. The average Bonchev–Trinajstić information content (AvgIpc) is 2.68. The number of nitrogens with zero attached hydrogens (tertiary/aromatic N) is 1. The molecule has 5 nitrogen and oxygen atoms in total. The summed E-state index contributed by atoms with van der Waals surface area (Å²) in [5.41, 5.74) is 2.03. The number of amides is 1. The van der Waals surface area contributed by atoms with Gasteiger partial charge >= 0.3 is 0 Å². The van der Waals surface area contributed by atoms with Crippen LogP contribution >= 0.6 is 24.0 Å². The lowest BCUT2D eigenvalue weighted by Crippen LogP contribution is -2.34. The van der Waals surface area contributed by atoms with Gasteiger partial charge in [-0.1, -0.05) is 38.3 Å². The summed E-state index contributed by atoms with van der Waals surface area (Å²) in [6.45, 7) is 2.95. The van der Waals surface area contributed by atoms with Crippen LogP contribution in [0.4, 0.5) is 5.69 Å². The van der Waals surface area contributed by atoms with Crippen molar-refractivity contribution in [3.05, 3.63) is 29.8 Å². The van der Waals surface area contributed by atoms with E-state index in [2.05, 4.69) is 27.9 Å².